The summed E-state index contributed by atoms with van der Waals surface area (Å²) in [5, 5.41) is 8.91. The van der Waals surface area contributed by atoms with Gasteiger partial charge in [-0.1, -0.05) is 18.2 Å². The lowest BCUT2D eigenvalue weighted by Gasteiger charge is -2.22. The van der Waals surface area contributed by atoms with Gasteiger partial charge in [0, 0.05) is 19.2 Å². The number of anilines is 1. The predicted octanol–water partition coefficient (Wildman–Crippen LogP) is 3.54. The minimum absolute atomic E-state index is 0.179. The van der Waals surface area contributed by atoms with Crippen molar-refractivity contribution in [2.45, 2.75) is 13.5 Å². The number of ketones is 1. The zero-order chi connectivity index (χ0) is 15.4. The van der Waals surface area contributed by atoms with Crippen molar-refractivity contribution in [2.24, 2.45) is 0 Å². The predicted molar refractivity (Wildman–Crippen MR) is 79.7 cm³/mol. The molecule has 0 atom stereocenters. The van der Waals surface area contributed by atoms with Gasteiger partial charge in [-0.05, 0) is 36.8 Å². The van der Waals surface area contributed by atoms with Crippen LogP contribution >= 0.6 is 0 Å². The van der Waals surface area contributed by atoms with Gasteiger partial charge in [0.15, 0.2) is 5.78 Å². The second-order valence-corrected chi connectivity index (χ2v) is 4.86. The molecule has 0 aromatic heterocycles. The third-order valence-electron chi connectivity index (χ3n) is 3.22. The molecule has 4 heteroatoms. The van der Waals surface area contributed by atoms with Crippen LogP contribution in [0.3, 0.4) is 0 Å². The summed E-state index contributed by atoms with van der Waals surface area (Å²) in [6, 6.07) is 13.7. The van der Waals surface area contributed by atoms with Gasteiger partial charge in [0.05, 0.1) is 17.3 Å². The maximum atomic E-state index is 14.1. The number of para-hydroxylation sites is 1. The summed E-state index contributed by atoms with van der Waals surface area (Å²) in [6.07, 6.45) is 0. The lowest BCUT2D eigenvalue weighted by Crippen LogP contribution is -2.20. The van der Waals surface area contributed by atoms with Crippen LogP contribution in [-0.4, -0.2) is 12.8 Å². The SMILES string of the molecule is CC(=O)c1cccc(F)c1N(C)Cc1cccc(C#N)c1. The molecule has 0 spiro atoms. The standard InChI is InChI=1S/C17H15FN2O/c1-12(21)15-7-4-8-16(18)17(15)20(2)11-14-6-3-5-13(9-14)10-19/h3-9H,11H2,1-2H3. The molecule has 0 aliphatic heterocycles. The van der Waals surface area contributed by atoms with E-state index in [9.17, 15) is 9.18 Å². The smallest absolute Gasteiger partial charge is 0.161 e. The molecule has 3 nitrogen and oxygen atoms in total. The number of carbonyl (C=O) groups excluding carboxylic acids is 1. The lowest BCUT2D eigenvalue weighted by atomic mass is 10.1. The Morgan fingerprint density at radius 1 is 1.29 bits per heavy atom. The second kappa shape index (κ2) is 6.19. The number of Topliss-reactive ketones (excluding diaryl/α,β-unsaturated/α-hetero) is 1. The van der Waals surface area contributed by atoms with Crippen molar-refractivity contribution in [3.05, 3.63) is 65.0 Å². The third kappa shape index (κ3) is 3.26. The molecule has 0 saturated heterocycles. The zero-order valence-electron chi connectivity index (χ0n) is 11.9. The van der Waals surface area contributed by atoms with E-state index in [-0.39, 0.29) is 11.5 Å². The van der Waals surface area contributed by atoms with Crippen LogP contribution < -0.4 is 4.90 Å². The largest absolute Gasteiger partial charge is 0.367 e. The number of nitrogens with zero attached hydrogens (tertiary/aromatic N) is 2. The molecule has 0 heterocycles. The lowest BCUT2D eigenvalue weighted by molar-refractivity contribution is 0.101. The first kappa shape index (κ1) is 14.7. The second-order valence-electron chi connectivity index (χ2n) is 4.86. The molecular formula is C17H15FN2O. The van der Waals surface area contributed by atoms with Gasteiger partial charge in [-0.25, -0.2) is 4.39 Å². The summed E-state index contributed by atoms with van der Waals surface area (Å²) in [5.74, 6) is -0.608. The summed E-state index contributed by atoms with van der Waals surface area (Å²) in [5.41, 5.74) is 2.08. The van der Waals surface area contributed by atoms with Crippen molar-refractivity contribution < 1.29 is 9.18 Å². The van der Waals surface area contributed by atoms with Gasteiger partial charge in [-0.3, -0.25) is 4.79 Å². The highest BCUT2D eigenvalue weighted by atomic mass is 19.1. The van der Waals surface area contributed by atoms with Crippen LogP contribution in [0, 0.1) is 17.1 Å². The van der Waals surface area contributed by atoms with E-state index in [1.165, 1.54) is 19.1 Å². The fourth-order valence-corrected chi connectivity index (χ4v) is 2.28. The number of benzene rings is 2. The molecule has 2 aromatic carbocycles. The minimum Gasteiger partial charge on any atom is -0.367 e. The van der Waals surface area contributed by atoms with Crippen molar-refractivity contribution in [1.29, 1.82) is 5.26 Å². The third-order valence-corrected chi connectivity index (χ3v) is 3.22. The summed E-state index contributed by atoms with van der Waals surface area (Å²) < 4.78 is 14.1. The number of nitriles is 1. The number of rotatable bonds is 4. The van der Waals surface area contributed by atoms with Crippen LogP contribution in [0.2, 0.25) is 0 Å². The van der Waals surface area contributed by atoms with Gasteiger partial charge >= 0.3 is 0 Å². The highest BCUT2D eigenvalue weighted by Gasteiger charge is 2.16. The van der Waals surface area contributed by atoms with E-state index in [4.69, 9.17) is 5.26 Å². The van der Waals surface area contributed by atoms with E-state index in [0.717, 1.165) is 5.56 Å². The normalized spacial score (nSPS) is 10.0. The first-order chi connectivity index (χ1) is 10.0. The Balaban J connectivity index is 2.34. The maximum absolute atomic E-state index is 14.1. The van der Waals surface area contributed by atoms with Gasteiger partial charge in [-0.15, -0.1) is 0 Å². The molecule has 0 N–H and O–H groups in total. The molecule has 0 aliphatic carbocycles. The van der Waals surface area contributed by atoms with E-state index in [2.05, 4.69) is 6.07 Å². The summed E-state index contributed by atoms with van der Waals surface area (Å²) in [6.45, 7) is 1.83. The van der Waals surface area contributed by atoms with Crippen LogP contribution in [0.1, 0.15) is 28.4 Å². The topological polar surface area (TPSA) is 44.1 Å². The Hall–Kier alpha value is -2.67. The van der Waals surface area contributed by atoms with Crippen LogP contribution in [-0.2, 0) is 6.54 Å². The van der Waals surface area contributed by atoms with Crippen LogP contribution in [0.4, 0.5) is 10.1 Å². The summed E-state index contributed by atoms with van der Waals surface area (Å²) >= 11 is 0. The summed E-state index contributed by atoms with van der Waals surface area (Å²) in [7, 11) is 1.73. The van der Waals surface area contributed by atoms with Gasteiger partial charge in [0.1, 0.15) is 5.82 Å². The average Bonchev–Trinajstić information content (AvgIpc) is 2.46. The van der Waals surface area contributed by atoms with Crippen molar-refractivity contribution in [2.75, 3.05) is 11.9 Å². The molecule has 2 aromatic rings. The first-order valence-corrected chi connectivity index (χ1v) is 6.52. The molecule has 0 aliphatic rings. The van der Waals surface area contributed by atoms with E-state index in [1.54, 1.807) is 36.2 Å². The molecule has 2 rings (SSSR count). The highest BCUT2D eigenvalue weighted by Crippen LogP contribution is 2.25. The zero-order valence-corrected chi connectivity index (χ0v) is 11.9. The van der Waals surface area contributed by atoms with Gasteiger partial charge in [0.25, 0.3) is 0 Å². The summed E-state index contributed by atoms with van der Waals surface area (Å²) in [4.78, 5) is 13.3. The molecule has 0 bridgehead atoms. The van der Waals surface area contributed by atoms with Crippen LogP contribution in [0.15, 0.2) is 42.5 Å². The highest BCUT2D eigenvalue weighted by molar-refractivity contribution is 5.99. The average molecular weight is 282 g/mol. The molecule has 106 valence electrons. The van der Waals surface area contributed by atoms with Gasteiger partial charge in [0.2, 0.25) is 0 Å². The molecule has 0 fully saturated rings. The number of hydrogen-bond donors (Lipinski definition) is 0. The monoisotopic (exact) mass is 282 g/mol. The fourth-order valence-electron chi connectivity index (χ4n) is 2.28. The molecule has 0 saturated carbocycles. The Morgan fingerprint density at radius 2 is 2.00 bits per heavy atom. The molecule has 0 amide bonds. The van der Waals surface area contributed by atoms with E-state index in [0.29, 0.717) is 17.7 Å². The van der Waals surface area contributed by atoms with Crippen molar-refractivity contribution >= 4 is 11.5 Å². The van der Waals surface area contributed by atoms with Gasteiger partial charge < -0.3 is 4.90 Å². The molecule has 0 radical (unpaired) electrons. The molecule has 0 unspecified atom stereocenters. The first-order valence-electron chi connectivity index (χ1n) is 6.52. The quantitative estimate of drug-likeness (QED) is 0.806. The van der Waals surface area contributed by atoms with E-state index >= 15 is 0 Å². The van der Waals surface area contributed by atoms with Crippen LogP contribution in [0.25, 0.3) is 0 Å². The Kier molecular flexibility index (Phi) is 4.34. The van der Waals surface area contributed by atoms with E-state index in [1.807, 2.05) is 6.07 Å². The number of carbonyl (C=O) groups is 1. The minimum atomic E-state index is -0.429. The van der Waals surface area contributed by atoms with Gasteiger partial charge in [-0.2, -0.15) is 5.26 Å². The van der Waals surface area contributed by atoms with Crippen LogP contribution in [0.5, 0.6) is 0 Å². The molecule has 21 heavy (non-hydrogen) atoms. The Morgan fingerprint density at radius 3 is 2.67 bits per heavy atom. The van der Waals surface area contributed by atoms with Crippen molar-refractivity contribution in [1.82, 2.24) is 0 Å². The number of hydrogen-bond acceptors (Lipinski definition) is 3. The van der Waals surface area contributed by atoms with E-state index < -0.39 is 5.82 Å². The fraction of sp³-hybridized carbons (Fsp3) is 0.176. The van der Waals surface area contributed by atoms with Crippen molar-refractivity contribution in [3.63, 3.8) is 0 Å². The maximum Gasteiger partial charge on any atom is 0.161 e. The van der Waals surface area contributed by atoms with Crippen molar-refractivity contribution in [3.8, 4) is 6.07 Å². The molecular weight excluding hydrogens is 267 g/mol. The Labute approximate surface area is 123 Å². The Bertz CT molecular complexity index is 719. The number of halogens is 1.